The number of anilines is 1. The van der Waals surface area contributed by atoms with Crippen molar-refractivity contribution in [3.63, 3.8) is 0 Å². The van der Waals surface area contributed by atoms with Crippen LogP contribution in [0.15, 0.2) is 57.9 Å². The van der Waals surface area contributed by atoms with E-state index in [-0.39, 0.29) is 23.8 Å². The lowest BCUT2D eigenvalue weighted by Crippen LogP contribution is -2.38. The van der Waals surface area contributed by atoms with E-state index in [9.17, 15) is 13.2 Å². The summed E-state index contributed by atoms with van der Waals surface area (Å²) in [5.41, 5.74) is 0. The summed E-state index contributed by atoms with van der Waals surface area (Å²) < 4.78 is 32.6. The maximum absolute atomic E-state index is 13.2. The van der Waals surface area contributed by atoms with Gasteiger partial charge in [0.15, 0.2) is 5.82 Å². The monoisotopic (exact) mass is 387 g/mol. The van der Waals surface area contributed by atoms with Gasteiger partial charge in [-0.1, -0.05) is 48.5 Å². The molecule has 0 bridgehead atoms. The summed E-state index contributed by atoms with van der Waals surface area (Å²) in [4.78, 5) is 12.5. The van der Waals surface area contributed by atoms with Crippen LogP contribution in [0.4, 0.5) is 5.82 Å². The molecule has 0 saturated heterocycles. The second kappa shape index (κ2) is 7.89. The molecular formula is C19H21N3O4S. The van der Waals surface area contributed by atoms with E-state index in [2.05, 4.69) is 10.5 Å². The molecule has 0 spiro atoms. The largest absolute Gasteiger partial charge is 0.360 e. The van der Waals surface area contributed by atoms with Gasteiger partial charge >= 0.3 is 0 Å². The Morgan fingerprint density at radius 1 is 1.19 bits per heavy atom. The maximum atomic E-state index is 13.2. The lowest BCUT2D eigenvalue weighted by molar-refractivity contribution is -0.116. The summed E-state index contributed by atoms with van der Waals surface area (Å²) in [6, 6.07) is 14.0. The van der Waals surface area contributed by atoms with Crippen molar-refractivity contribution < 1.29 is 17.7 Å². The van der Waals surface area contributed by atoms with Crippen molar-refractivity contribution in [2.45, 2.75) is 25.2 Å². The van der Waals surface area contributed by atoms with Crippen molar-refractivity contribution in [2.75, 3.05) is 18.4 Å². The molecule has 0 atom stereocenters. The number of hydrogen-bond donors (Lipinski definition) is 1. The summed E-state index contributed by atoms with van der Waals surface area (Å²) in [5, 5.41) is 7.72. The van der Waals surface area contributed by atoms with Crippen molar-refractivity contribution >= 4 is 32.5 Å². The number of nitrogens with one attached hydrogen (secondary N) is 1. The predicted octanol–water partition coefficient (Wildman–Crippen LogP) is 3.18. The highest BCUT2D eigenvalue weighted by atomic mass is 32.2. The number of sulfonamides is 1. The van der Waals surface area contributed by atoms with Gasteiger partial charge in [0.1, 0.15) is 5.76 Å². The van der Waals surface area contributed by atoms with Crippen LogP contribution in [0.25, 0.3) is 10.8 Å². The minimum atomic E-state index is -3.84. The quantitative estimate of drug-likeness (QED) is 0.672. The highest BCUT2D eigenvalue weighted by Gasteiger charge is 2.27. The number of fused-ring (bicyclic) bond motifs is 1. The van der Waals surface area contributed by atoms with E-state index in [1.807, 2.05) is 25.1 Å². The molecule has 0 fully saturated rings. The van der Waals surface area contributed by atoms with Crippen molar-refractivity contribution in [1.29, 1.82) is 0 Å². The van der Waals surface area contributed by atoms with Crippen LogP contribution in [0.1, 0.15) is 19.1 Å². The molecule has 0 aliphatic carbocycles. The van der Waals surface area contributed by atoms with Gasteiger partial charge in [0.25, 0.3) is 0 Å². The minimum Gasteiger partial charge on any atom is -0.360 e. The summed E-state index contributed by atoms with van der Waals surface area (Å²) in [6.07, 6.45) is 0.584. The highest BCUT2D eigenvalue weighted by Crippen LogP contribution is 2.26. The van der Waals surface area contributed by atoms with Gasteiger partial charge in [-0.05, 0) is 24.8 Å². The molecule has 3 rings (SSSR count). The molecule has 1 N–H and O–H groups in total. The lowest BCUT2D eigenvalue weighted by atomic mass is 10.1. The van der Waals surface area contributed by atoms with Gasteiger partial charge in [0.2, 0.25) is 15.9 Å². The summed E-state index contributed by atoms with van der Waals surface area (Å²) in [7, 11) is -3.84. The van der Waals surface area contributed by atoms with Crippen LogP contribution in [0.5, 0.6) is 0 Å². The van der Waals surface area contributed by atoms with Crippen LogP contribution < -0.4 is 5.32 Å². The second-order valence-corrected chi connectivity index (χ2v) is 8.09. The molecule has 0 radical (unpaired) electrons. The minimum absolute atomic E-state index is 0.194. The Morgan fingerprint density at radius 3 is 2.63 bits per heavy atom. The molecule has 7 nitrogen and oxygen atoms in total. The number of benzene rings is 2. The van der Waals surface area contributed by atoms with Crippen LogP contribution in [-0.2, 0) is 14.8 Å². The lowest BCUT2D eigenvalue weighted by Gasteiger charge is -2.21. The first-order valence-electron chi connectivity index (χ1n) is 8.63. The molecule has 0 aliphatic rings. The molecule has 2 aromatic carbocycles. The summed E-state index contributed by atoms with van der Waals surface area (Å²) in [6.45, 7) is 3.50. The fourth-order valence-corrected chi connectivity index (χ4v) is 4.56. The molecule has 3 aromatic rings. The van der Waals surface area contributed by atoms with Gasteiger partial charge in [-0.15, -0.1) is 0 Å². The van der Waals surface area contributed by atoms with Crippen LogP contribution in [-0.4, -0.2) is 36.9 Å². The van der Waals surface area contributed by atoms with E-state index in [1.165, 1.54) is 4.31 Å². The van der Waals surface area contributed by atoms with Gasteiger partial charge in [-0.3, -0.25) is 4.79 Å². The van der Waals surface area contributed by atoms with Gasteiger partial charge in [-0.25, -0.2) is 8.42 Å². The first-order chi connectivity index (χ1) is 12.9. The molecule has 0 saturated carbocycles. The Bertz CT molecular complexity index is 1050. The standard InChI is InChI=1S/C19H21N3O4S/c1-3-11-22(13-19(23)20-18-12-14(2)26-21-18)27(24,25)17-10-6-8-15-7-4-5-9-16(15)17/h4-10,12H,3,11,13H2,1-2H3,(H,20,21,23). The maximum Gasteiger partial charge on any atom is 0.244 e. The number of hydrogen-bond acceptors (Lipinski definition) is 5. The van der Waals surface area contributed by atoms with Crippen LogP contribution in [0.3, 0.4) is 0 Å². The second-order valence-electron chi connectivity index (χ2n) is 6.19. The molecule has 8 heteroatoms. The first kappa shape index (κ1) is 19.1. The average Bonchev–Trinajstić information content (AvgIpc) is 3.05. The fourth-order valence-electron chi connectivity index (χ4n) is 2.86. The van der Waals surface area contributed by atoms with E-state index in [4.69, 9.17) is 4.52 Å². The Hall–Kier alpha value is -2.71. The van der Waals surface area contributed by atoms with Crippen molar-refractivity contribution in [3.8, 4) is 0 Å². The number of carbonyl (C=O) groups excluding carboxylic acids is 1. The summed E-state index contributed by atoms with van der Waals surface area (Å²) >= 11 is 0. The van der Waals surface area contributed by atoms with Crippen LogP contribution in [0.2, 0.25) is 0 Å². The third-order valence-electron chi connectivity index (χ3n) is 4.06. The Kier molecular flexibility index (Phi) is 5.57. The molecule has 1 heterocycles. The van der Waals surface area contributed by atoms with E-state index in [0.29, 0.717) is 17.6 Å². The molecule has 0 aliphatic heterocycles. The van der Waals surface area contributed by atoms with E-state index < -0.39 is 15.9 Å². The Labute approximate surface area is 158 Å². The number of aromatic nitrogens is 1. The number of carbonyl (C=O) groups is 1. The van der Waals surface area contributed by atoms with Gasteiger partial charge in [-0.2, -0.15) is 4.31 Å². The summed E-state index contributed by atoms with van der Waals surface area (Å²) in [5.74, 6) is 0.344. The van der Waals surface area contributed by atoms with Gasteiger partial charge in [0.05, 0.1) is 11.4 Å². The SMILES string of the molecule is CCCN(CC(=O)Nc1cc(C)on1)S(=O)(=O)c1cccc2ccccc12. The number of amides is 1. The van der Waals surface area contributed by atoms with Crippen LogP contribution >= 0.6 is 0 Å². The smallest absolute Gasteiger partial charge is 0.244 e. The molecule has 142 valence electrons. The predicted molar refractivity (Wildman–Crippen MR) is 103 cm³/mol. The van der Waals surface area contributed by atoms with Gasteiger partial charge in [0, 0.05) is 18.0 Å². The van der Waals surface area contributed by atoms with Crippen LogP contribution in [0, 0.1) is 6.92 Å². The van der Waals surface area contributed by atoms with E-state index in [0.717, 1.165) is 5.39 Å². The number of rotatable bonds is 7. The topological polar surface area (TPSA) is 92.5 Å². The fraction of sp³-hybridized carbons (Fsp3) is 0.263. The van der Waals surface area contributed by atoms with E-state index in [1.54, 1.807) is 37.3 Å². The highest BCUT2D eigenvalue weighted by molar-refractivity contribution is 7.89. The Morgan fingerprint density at radius 2 is 1.93 bits per heavy atom. The molecular weight excluding hydrogens is 366 g/mol. The zero-order chi connectivity index (χ0) is 19.4. The third kappa shape index (κ3) is 4.17. The molecule has 0 unspecified atom stereocenters. The van der Waals surface area contributed by atoms with Gasteiger partial charge < -0.3 is 9.84 Å². The molecule has 27 heavy (non-hydrogen) atoms. The normalized spacial score (nSPS) is 11.8. The number of nitrogens with zero attached hydrogens (tertiary/aromatic N) is 2. The Balaban J connectivity index is 1.89. The first-order valence-corrected chi connectivity index (χ1v) is 10.1. The molecule has 1 aromatic heterocycles. The average molecular weight is 387 g/mol. The third-order valence-corrected chi connectivity index (χ3v) is 5.96. The van der Waals surface area contributed by atoms with Crippen molar-refractivity contribution in [2.24, 2.45) is 0 Å². The van der Waals surface area contributed by atoms with Crippen molar-refractivity contribution in [3.05, 3.63) is 54.3 Å². The number of aryl methyl sites for hydroxylation is 1. The van der Waals surface area contributed by atoms with E-state index >= 15 is 0 Å². The zero-order valence-electron chi connectivity index (χ0n) is 15.2. The zero-order valence-corrected chi connectivity index (χ0v) is 16.0. The molecule has 1 amide bonds. The van der Waals surface area contributed by atoms with Crippen molar-refractivity contribution in [1.82, 2.24) is 9.46 Å².